The highest BCUT2D eigenvalue weighted by Gasteiger charge is 2.05. The second kappa shape index (κ2) is 4.27. The van der Waals surface area contributed by atoms with E-state index in [0.717, 1.165) is 10.2 Å². The first-order chi connectivity index (χ1) is 7.27. The van der Waals surface area contributed by atoms with Crippen molar-refractivity contribution < 1.29 is 14.6 Å². The Kier molecular flexibility index (Phi) is 2.82. The van der Waals surface area contributed by atoms with Gasteiger partial charge in [-0.25, -0.2) is 4.98 Å². The number of fused-ring (bicyclic) bond motifs is 1. The molecule has 78 valence electrons. The van der Waals surface area contributed by atoms with Gasteiger partial charge in [0.25, 0.3) is 0 Å². The van der Waals surface area contributed by atoms with Crippen molar-refractivity contribution in [2.75, 3.05) is 6.61 Å². The van der Waals surface area contributed by atoms with Crippen LogP contribution in [0.2, 0.25) is 0 Å². The first-order valence-corrected chi connectivity index (χ1v) is 5.32. The van der Waals surface area contributed by atoms with Crippen LogP contribution in [-0.4, -0.2) is 22.7 Å². The molecule has 0 aliphatic carbocycles. The number of hydrogen-bond donors (Lipinski definition) is 1. The van der Waals surface area contributed by atoms with Crippen molar-refractivity contribution >= 4 is 27.5 Å². The molecular weight excluding hydrogens is 214 g/mol. The Balaban J connectivity index is 2.13. The van der Waals surface area contributed by atoms with E-state index >= 15 is 0 Å². The van der Waals surface area contributed by atoms with Gasteiger partial charge in [0.1, 0.15) is 11.3 Å². The van der Waals surface area contributed by atoms with Gasteiger partial charge in [0.2, 0.25) is 0 Å². The SMILES string of the molecule is O=C(O)CCOc1cccc2scnc12. The second-order valence-electron chi connectivity index (χ2n) is 2.95. The summed E-state index contributed by atoms with van der Waals surface area (Å²) < 4.78 is 6.40. The predicted molar refractivity (Wildman–Crippen MR) is 57.4 cm³/mol. The van der Waals surface area contributed by atoms with Crippen molar-refractivity contribution in [3.05, 3.63) is 23.7 Å². The minimum Gasteiger partial charge on any atom is -0.491 e. The third kappa shape index (κ3) is 2.24. The Morgan fingerprint density at radius 1 is 1.53 bits per heavy atom. The summed E-state index contributed by atoms with van der Waals surface area (Å²) in [6.45, 7) is 0.173. The van der Waals surface area contributed by atoms with Crippen molar-refractivity contribution in [2.45, 2.75) is 6.42 Å². The molecule has 0 unspecified atom stereocenters. The van der Waals surface area contributed by atoms with E-state index in [1.54, 1.807) is 11.6 Å². The third-order valence-electron chi connectivity index (χ3n) is 1.90. The lowest BCUT2D eigenvalue weighted by Crippen LogP contribution is -2.04. The van der Waals surface area contributed by atoms with Gasteiger partial charge >= 0.3 is 5.97 Å². The van der Waals surface area contributed by atoms with Crippen LogP contribution in [0.3, 0.4) is 0 Å². The van der Waals surface area contributed by atoms with Gasteiger partial charge in [0.15, 0.2) is 0 Å². The molecule has 15 heavy (non-hydrogen) atoms. The van der Waals surface area contributed by atoms with Gasteiger partial charge in [-0.1, -0.05) is 6.07 Å². The molecule has 0 spiro atoms. The topological polar surface area (TPSA) is 59.4 Å². The highest BCUT2D eigenvalue weighted by Crippen LogP contribution is 2.26. The minimum absolute atomic E-state index is 0.000521. The number of carbonyl (C=O) groups is 1. The Labute approximate surface area is 90.1 Å². The van der Waals surface area contributed by atoms with E-state index in [4.69, 9.17) is 9.84 Å². The van der Waals surface area contributed by atoms with Crippen molar-refractivity contribution in [3.63, 3.8) is 0 Å². The summed E-state index contributed by atoms with van der Waals surface area (Å²) in [5, 5.41) is 8.47. The van der Waals surface area contributed by atoms with E-state index in [1.807, 2.05) is 12.1 Å². The highest BCUT2D eigenvalue weighted by atomic mass is 32.1. The molecule has 2 rings (SSSR count). The van der Waals surface area contributed by atoms with E-state index in [-0.39, 0.29) is 13.0 Å². The predicted octanol–water partition coefficient (Wildman–Crippen LogP) is 2.15. The number of para-hydroxylation sites is 1. The molecule has 5 heteroatoms. The number of carboxylic acid groups (broad SMARTS) is 1. The summed E-state index contributed by atoms with van der Waals surface area (Å²) in [5.74, 6) is -0.213. The minimum atomic E-state index is -0.861. The van der Waals surface area contributed by atoms with Crippen LogP contribution in [0.1, 0.15) is 6.42 Å². The van der Waals surface area contributed by atoms with Crippen LogP contribution in [0.5, 0.6) is 5.75 Å². The fourth-order valence-corrected chi connectivity index (χ4v) is 1.92. The van der Waals surface area contributed by atoms with Gasteiger partial charge in [0, 0.05) is 0 Å². The number of hydrogen-bond acceptors (Lipinski definition) is 4. The number of aliphatic carboxylic acids is 1. The number of rotatable bonds is 4. The maximum atomic E-state index is 10.3. The number of aromatic nitrogens is 1. The smallest absolute Gasteiger partial charge is 0.306 e. The molecule has 0 saturated heterocycles. The van der Waals surface area contributed by atoms with Crippen molar-refractivity contribution in [1.82, 2.24) is 4.98 Å². The van der Waals surface area contributed by atoms with Gasteiger partial charge in [-0.15, -0.1) is 11.3 Å². The molecule has 1 aromatic heterocycles. The van der Waals surface area contributed by atoms with Gasteiger partial charge in [-0.3, -0.25) is 4.79 Å². The van der Waals surface area contributed by atoms with E-state index in [9.17, 15) is 4.79 Å². The van der Waals surface area contributed by atoms with Crippen molar-refractivity contribution in [2.24, 2.45) is 0 Å². The fourth-order valence-electron chi connectivity index (χ4n) is 1.23. The van der Waals surface area contributed by atoms with Crippen LogP contribution in [0.25, 0.3) is 10.2 Å². The van der Waals surface area contributed by atoms with Gasteiger partial charge in [0.05, 0.1) is 23.2 Å². The maximum absolute atomic E-state index is 10.3. The Hall–Kier alpha value is -1.62. The van der Waals surface area contributed by atoms with Gasteiger partial charge in [-0.2, -0.15) is 0 Å². The number of thiazole rings is 1. The number of ether oxygens (including phenoxy) is 1. The monoisotopic (exact) mass is 223 g/mol. The van der Waals surface area contributed by atoms with Crippen LogP contribution in [0.15, 0.2) is 23.7 Å². The molecule has 1 heterocycles. The van der Waals surface area contributed by atoms with E-state index < -0.39 is 5.97 Å². The summed E-state index contributed by atoms with van der Waals surface area (Å²) in [5.41, 5.74) is 2.54. The van der Waals surface area contributed by atoms with E-state index in [2.05, 4.69) is 4.98 Å². The van der Waals surface area contributed by atoms with Gasteiger partial charge < -0.3 is 9.84 Å². The van der Waals surface area contributed by atoms with Crippen molar-refractivity contribution in [3.8, 4) is 5.75 Å². The molecule has 0 radical (unpaired) electrons. The lowest BCUT2D eigenvalue weighted by Gasteiger charge is -2.04. The number of carboxylic acids is 1. The summed E-state index contributed by atoms with van der Waals surface area (Å²) in [6, 6.07) is 5.62. The van der Waals surface area contributed by atoms with Crippen LogP contribution >= 0.6 is 11.3 Å². The molecule has 4 nitrogen and oxygen atoms in total. The molecule has 0 aliphatic heterocycles. The average molecular weight is 223 g/mol. The third-order valence-corrected chi connectivity index (χ3v) is 2.69. The molecule has 2 aromatic rings. The molecule has 1 N–H and O–H groups in total. The Morgan fingerprint density at radius 3 is 3.20 bits per heavy atom. The quantitative estimate of drug-likeness (QED) is 0.862. The molecule has 0 atom stereocenters. The summed E-state index contributed by atoms with van der Waals surface area (Å²) in [6.07, 6.45) is 0.000521. The van der Waals surface area contributed by atoms with Crippen molar-refractivity contribution in [1.29, 1.82) is 0 Å². The second-order valence-corrected chi connectivity index (χ2v) is 3.83. The lowest BCUT2D eigenvalue weighted by atomic mass is 10.3. The van der Waals surface area contributed by atoms with Crippen LogP contribution in [0.4, 0.5) is 0 Å². The zero-order valence-corrected chi connectivity index (χ0v) is 8.66. The summed E-state index contributed by atoms with van der Waals surface area (Å²) in [7, 11) is 0. The van der Waals surface area contributed by atoms with Gasteiger partial charge in [-0.05, 0) is 12.1 Å². The molecule has 0 amide bonds. The van der Waals surface area contributed by atoms with E-state index in [0.29, 0.717) is 5.75 Å². The fraction of sp³-hybridized carbons (Fsp3) is 0.200. The molecule has 0 bridgehead atoms. The molecular formula is C10H9NO3S. The number of nitrogens with zero attached hydrogens (tertiary/aromatic N) is 1. The standard InChI is InChI=1S/C10H9NO3S/c12-9(13)4-5-14-7-2-1-3-8-10(7)11-6-15-8/h1-3,6H,4-5H2,(H,12,13). The van der Waals surface area contributed by atoms with Crippen LogP contribution in [-0.2, 0) is 4.79 Å². The molecule has 0 aliphatic rings. The average Bonchev–Trinajstić information content (AvgIpc) is 2.65. The highest BCUT2D eigenvalue weighted by molar-refractivity contribution is 7.16. The first kappa shape index (κ1) is 9.92. The largest absolute Gasteiger partial charge is 0.491 e. The normalized spacial score (nSPS) is 10.4. The zero-order chi connectivity index (χ0) is 10.7. The lowest BCUT2D eigenvalue weighted by molar-refractivity contribution is -0.137. The Bertz CT molecular complexity index is 480. The first-order valence-electron chi connectivity index (χ1n) is 4.44. The Morgan fingerprint density at radius 2 is 2.40 bits per heavy atom. The van der Waals surface area contributed by atoms with Crippen LogP contribution < -0.4 is 4.74 Å². The maximum Gasteiger partial charge on any atom is 0.306 e. The number of benzene rings is 1. The van der Waals surface area contributed by atoms with Crippen LogP contribution in [0, 0.1) is 0 Å². The summed E-state index contributed by atoms with van der Waals surface area (Å²) >= 11 is 1.53. The van der Waals surface area contributed by atoms with E-state index in [1.165, 1.54) is 11.3 Å². The molecule has 0 fully saturated rings. The zero-order valence-electron chi connectivity index (χ0n) is 7.84. The summed E-state index contributed by atoms with van der Waals surface area (Å²) in [4.78, 5) is 14.5. The molecule has 0 saturated carbocycles. The molecule has 1 aromatic carbocycles.